The molecule has 2 aromatic rings. The van der Waals surface area contributed by atoms with Gasteiger partial charge in [-0.3, -0.25) is 9.59 Å². The fourth-order valence-electron chi connectivity index (χ4n) is 3.85. The van der Waals surface area contributed by atoms with Crippen LogP contribution >= 0.6 is 0 Å². The van der Waals surface area contributed by atoms with Crippen LogP contribution in [0.2, 0.25) is 0 Å². The molecule has 1 N–H and O–H groups in total. The number of likely N-dealkylation sites (tertiary alicyclic amines) is 1. The molecule has 0 bridgehead atoms. The van der Waals surface area contributed by atoms with E-state index in [2.05, 4.69) is 6.92 Å². The predicted octanol–water partition coefficient (Wildman–Crippen LogP) is 4.02. The number of aliphatic hydroxyl groups excluding tert-OH is 1. The Morgan fingerprint density at radius 1 is 1.10 bits per heavy atom. The van der Waals surface area contributed by atoms with Gasteiger partial charge in [-0.25, -0.2) is 0 Å². The molecule has 164 valence electrons. The first-order valence-electron chi connectivity index (χ1n) is 10.5. The number of hydrogen-bond donors (Lipinski definition) is 1. The average Bonchev–Trinajstić information content (AvgIpc) is 3.03. The van der Waals surface area contributed by atoms with Gasteiger partial charge in [0.1, 0.15) is 11.5 Å². The molecule has 2 aromatic carbocycles. The summed E-state index contributed by atoms with van der Waals surface area (Å²) >= 11 is 0. The minimum absolute atomic E-state index is 0.0916. The van der Waals surface area contributed by atoms with E-state index in [1.165, 1.54) is 4.90 Å². The van der Waals surface area contributed by atoms with Crippen LogP contribution in [0.1, 0.15) is 42.1 Å². The Labute approximate surface area is 183 Å². The normalized spacial score (nSPS) is 17.9. The van der Waals surface area contributed by atoms with E-state index < -0.39 is 17.7 Å². The summed E-state index contributed by atoms with van der Waals surface area (Å²) in [4.78, 5) is 27.3. The molecule has 0 aliphatic carbocycles. The largest absolute Gasteiger partial charge is 0.507 e. The van der Waals surface area contributed by atoms with Crippen LogP contribution in [0.25, 0.3) is 5.76 Å². The summed E-state index contributed by atoms with van der Waals surface area (Å²) in [5.41, 5.74) is 3.33. The molecule has 1 fully saturated rings. The predicted molar refractivity (Wildman–Crippen MR) is 119 cm³/mol. The van der Waals surface area contributed by atoms with E-state index in [0.717, 1.165) is 23.1 Å². The Morgan fingerprint density at radius 3 is 2.39 bits per heavy atom. The first-order valence-corrected chi connectivity index (χ1v) is 10.5. The molecular weight excluding hydrogens is 394 g/mol. The number of ketones is 1. The Balaban J connectivity index is 2.12. The lowest BCUT2D eigenvalue weighted by Gasteiger charge is -2.25. The van der Waals surface area contributed by atoms with Gasteiger partial charge in [0.2, 0.25) is 0 Å². The van der Waals surface area contributed by atoms with Crippen molar-refractivity contribution in [3.63, 3.8) is 0 Å². The Bertz CT molecular complexity index is 993. The zero-order valence-corrected chi connectivity index (χ0v) is 18.5. The molecule has 1 aliphatic heterocycles. The van der Waals surface area contributed by atoms with Gasteiger partial charge in [-0.1, -0.05) is 31.2 Å². The third kappa shape index (κ3) is 4.49. The van der Waals surface area contributed by atoms with E-state index in [1.807, 2.05) is 38.1 Å². The van der Waals surface area contributed by atoms with Crippen LogP contribution in [0, 0.1) is 6.92 Å². The van der Waals surface area contributed by atoms with Crippen LogP contribution < -0.4 is 4.74 Å². The van der Waals surface area contributed by atoms with Crippen molar-refractivity contribution >= 4 is 17.4 Å². The number of rotatable bonds is 8. The van der Waals surface area contributed by atoms with Gasteiger partial charge in [-0.15, -0.1) is 0 Å². The van der Waals surface area contributed by atoms with Gasteiger partial charge in [0, 0.05) is 19.2 Å². The number of aryl methyl sites for hydroxylation is 2. The van der Waals surface area contributed by atoms with E-state index in [4.69, 9.17) is 9.47 Å². The van der Waals surface area contributed by atoms with Crippen LogP contribution in [-0.4, -0.2) is 48.6 Å². The lowest BCUT2D eigenvalue weighted by Crippen LogP contribution is -2.32. The van der Waals surface area contributed by atoms with Crippen molar-refractivity contribution in [3.8, 4) is 5.75 Å². The summed E-state index contributed by atoms with van der Waals surface area (Å²) in [6, 6.07) is 12.3. The molecule has 1 aliphatic rings. The number of amides is 1. The summed E-state index contributed by atoms with van der Waals surface area (Å²) in [6.45, 7) is 6.91. The van der Waals surface area contributed by atoms with Gasteiger partial charge in [-0.05, 0) is 55.2 Å². The van der Waals surface area contributed by atoms with Crippen molar-refractivity contribution in [1.82, 2.24) is 4.90 Å². The molecule has 1 heterocycles. The Hall–Kier alpha value is -3.12. The third-order valence-electron chi connectivity index (χ3n) is 5.53. The monoisotopic (exact) mass is 423 g/mol. The molecule has 3 rings (SSSR count). The molecule has 1 atom stereocenters. The van der Waals surface area contributed by atoms with E-state index in [1.54, 1.807) is 25.3 Å². The van der Waals surface area contributed by atoms with Crippen LogP contribution in [0.3, 0.4) is 0 Å². The highest BCUT2D eigenvalue weighted by Crippen LogP contribution is 2.39. The highest BCUT2D eigenvalue weighted by atomic mass is 16.5. The smallest absolute Gasteiger partial charge is 0.295 e. The molecule has 6 heteroatoms. The van der Waals surface area contributed by atoms with E-state index >= 15 is 0 Å². The second-order valence-corrected chi connectivity index (χ2v) is 7.49. The summed E-state index contributed by atoms with van der Waals surface area (Å²) in [5, 5.41) is 11.1. The van der Waals surface area contributed by atoms with Crippen molar-refractivity contribution < 1.29 is 24.2 Å². The standard InChI is InChI=1S/C25H29NO5/c1-5-17-7-9-18(10-8-17)22-21(24(28)25(29)26(22)13-14-30-4)23(27)19-11-12-20(31-6-2)16(3)15-19/h7-12,15,22,27H,5-6,13-14H2,1-4H3/b23-21-. The maximum absolute atomic E-state index is 13.0. The number of aliphatic hydroxyl groups is 1. The number of hydrogen-bond acceptors (Lipinski definition) is 5. The number of Topliss-reactive ketones (excluding diaryl/α,β-unsaturated/α-hetero) is 1. The second kappa shape index (κ2) is 9.79. The van der Waals surface area contributed by atoms with Gasteiger partial charge in [-0.2, -0.15) is 0 Å². The van der Waals surface area contributed by atoms with Crippen molar-refractivity contribution in [1.29, 1.82) is 0 Å². The molecule has 0 radical (unpaired) electrons. The average molecular weight is 424 g/mol. The fraction of sp³-hybridized carbons (Fsp3) is 0.360. The first kappa shape index (κ1) is 22.6. The minimum Gasteiger partial charge on any atom is -0.507 e. The van der Waals surface area contributed by atoms with Gasteiger partial charge in [0.25, 0.3) is 11.7 Å². The topological polar surface area (TPSA) is 76.1 Å². The molecule has 0 aromatic heterocycles. The number of carbonyl (C=O) groups excluding carboxylic acids is 2. The van der Waals surface area contributed by atoms with Gasteiger partial charge >= 0.3 is 0 Å². The molecule has 1 saturated heterocycles. The van der Waals surface area contributed by atoms with Crippen LogP contribution in [0.5, 0.6) is 5.75 Å². The molecule has 1 unspecified atom stereocenters. The molecule has 1 amide bonds. The lowest BCUT2D eigenvalue weighted by atomic mass is 9.94. The van der Waals surface area contributed by atoms with Crippen molar-refractivity contribution in [3.05, 3.63) is 70.3 Å². The number of nitrogens with zero attached hydrogens (tertiary/aromatic N) is 1. The zero-order chi connectivity index (χ0) is 22.5. The molecular formula is C25H29NO5. The van der Waals surface area contributed by atoms with Crippen LogP contribution in [0.4, 0.5) is 0 Å². The van der Waals surface area contributed by atoms with Gasteiger partial charge < -0.3 is 19.5 Å². The third-order valence-corrected chi connectivity index (χ3v) is 5.53. The molecule has 0 spiro atoms. The van der Waals surface area contributed by atoms with Gasteiger partial charge in [0.15, 0.2) is 0 Å². The summed E-state index contributed by atoms with van der Waals surface area (Å²) in [6.07, 6.45) is 0.885. The highest BCUT2D eigenvalue weighted by Gasteiger charge is 2.45. The quantitative estimate of drug-likeness (QED) is 0.394. The van der Waals surface area contributed by atoms with E-state index in [0.29, 0.717) is 24.5 Å². The van der Waals surface area contributed by atoms with Gasteiger partial charge in [0.05, 0.1) is 24.8 Å². The minimum atomic E-state index is -0.690. The lowest BCUT2D eigenvalue weighted by molar-refractivity contribution is -0.140. The maximum atomic E-state index is 13.0. The number of benzene rings is 2. The Kier molecular flexibility index (Phi) is 7.13. The van der Waals surface area contributed by atoms with Crippen LogP contribution in [0.15, 0.2) is 48.0 Å². The summed E-state index contributed by atoms with van der Waals surface area (Å²) < 4.78 is 10.7. The van der Waals surface area contributed by atoms with Crippen molar-refractivity contribution in [2.45, 2.75) is 33.2 Å². The zero-order valence-electron chi connectivity index (χ0n) is 18.5. The Morgan fingerprint density at radius 2 is 1.81 bits per heavy atom. The molecule has 6 nitrogen and oxygen atoms in total. The van der Waals surface area contributed by atoms with Crippen molar-refractivity contribution in [2.75, 3.05) is 26.9 Å². The van der Waals surface area contributed by atoms with Crippen molar-refractivity contribution in [2.24, 2.45) is 0 Å². The fourth-order valence-corrected chi connectivity index (χ4v) is 3.85. The summed E-state index contributed by atoms with van der Waals surface area (Å²) in [5.74, 6) is -0.796. The first-order chi connectivity index (χ1) is 14.9. The molecule has 0 saturated carbocycles. The van der Waals surface area contributed by atoms with E-state index in [9.17, 15) is 14.7 Å². The van der Waals surface area contributed by atoms with Crippen LogP contribution in [-0.2, 0) is 20.7 Å². The number of methoxy groups -OCH3 is 1. The molecule has 31 heavy (non-hydrogen) atoms. The highest BCUT2D eigenvalue weighted by molar-refractivity contribution is 6.46. The summed E-state index contributed by atoms with van der Waals surface area (Å²) in [7, 11) is 1.55. The SMILES string of the molecule is CCOc1ccc(/C(O)=C2/C(=O)C(=O)N(CCOC)C2c2ccc(CC)cc2)cc1C. The number of carbonyl (C=O) groups is 2. The van der Waals surface area contributed by atoms with E-state index in [-0.39, 0.29) is 17.9 Å². The maximum Gasteiger partial charge on any atom is 0.295 e. The second-order valence-electron chi connectivity index (χ2n) is 7.49. The number of ether oxygens (including phenoxy) is 2.